The van der Waals surface area contributed by atoms with E-state index in [4.69, 9.17) is 9.47 Å². The number of fused-ring (bicyclic) bond motifs is 1. The van der Waals surface area contributed by atoms with Crippen molar-refractivity contribution in [2.45, 2.75) is 37.1 Å². The molecule has 7 nitrogen and oxygen atoms in total. The molecule has 204 valence electrons. The number of thiophene rings is 1. The quantitative estimate of drug-likeness (QED) is 0.346. The van der Waals surface area contributed by atoms with Crippen LogP contribution in [0, 0.1) is 11.8 Å². The second-order valence-corrected chi connectivity index (χ2v) is 12.5. The average molecular weight is 556 g/mol. The number of methoxy groups -OCH3 is 2. The minimum absolute atomic E-state index is 0.227. The van der Waals surface area contributed by atoms with E-state index in [1.807, 2.05) is 0 Å². The van der Waals surface area contributed by atoms with Crippen molar-refractivity contribution in [1.82, 2.24) is 4.90 Å². The summed E-state index contributed by atoms with van der Waals surface area (Å²) in [5, 5.41) is 8.34. The SMILES string of the molecule is CCc1c(C#CCNc2ccc(S(C)(=O)=O)cc2OC)sc2c(NC3CCN(CCOC)CC3)cccc12. The molecule has 1 aliphatic heterocycles. The van der Waals surface area contributed by atoms with Crippen LogP contribution in [0.4, 0.5) is 11.4 Å². The van der Waals surface area contributed by atoms with Crippen molar-refractivity contribution in [3.63, 3.8) is 0 Å². The Morgan fingerprint density at radius 3 is 2.61 bits per heavy atom. The van der Waals surface area contributed by atoms with Gasteiger partial charge in [-0.1, -0.05) is 30.9 Å². The predicted octanol–water partition coefficient (Wildman–Crippen LogP) is 4.86. The monoisotopic (exact) mass is 555 g/mol. The van der Waals surface area contributed by atoms with Gasteiger partial charge in [-0.05, 0) is 48.4 Å². The minimum atomic E-state index is -3.30. The lowest BCUT2D eigenvalue weighted by atomic mass is 10.0. The van der Waals surface area contributed by atoms with Gasteiger partial charge in [-0.2, -0.15) is 0 Å². The van der Waals surface area contributed by atoms with E-state index >= 15 is 0 Å². The molecule has 1 saturated heterocycles. The first kappa shape index (κ1) is 28.2. The molecular weight excluding hydrogens is 518 g/mol. The lowest BCUT2D eigenvalue weighted by Gasteiger charge is -2.32. The van der Waals surface area contributed by atoms with Crippen LogP contribution in [0.1, 0.15) is 30.2 Å². The molecule has 4 rings (SSSR count). The van der Waals surface area contributed by atoms with Crippen LogP contribution in [0.25, 0.3) is 10.1 Å². The molecule has 0 spiro atoms. The summed E-state index contributed by atoms with van der Waals surface area (Å²) in [5.74, 6) is 7.10. The molecular formula is C29H37N3O4S2. The highest BCUT2D eigenvalue weighted by atomic mass is 32.2. The van der Waals surface area contributed by atoms with Gasteiger partial charge < -0.3 is 25.0 Å². The Balaban J connectivity index is 1.46. The van der Waals surface area contributed by atoms with Crippen molar-refractivity contribution < 1.29 is 17.9 Å². The molecule has 38 heavy (non-hydrogen) atoms. The number of anilines is 2. The van der Waals surface area contributed by atoms with Crippen LogP contribution in [0.15, 0.2) is 41.3 Å². The van der Waals surface area contributed by atoms with E-state index in [9.17, 15) is 8.42 Å². The first-order chi connectivity index (χ1) is 18.3. The van der Waals surface area contributed by atoms with Crippen molar-refractivity contribution in [2.75, 3.05) is 63.9 Å². The lowest BCUT2D eigenvalue weighted by Crippen LogP contribution is -2.40. The fourth-order valence-electron chi connectivity index (χ4n) is 4.79. The van der Waals surface area contributed by atoms with Gasteiger partial charge in [0.25, 0.3) is 0 Å². The molecule has 1 aliphatic rings. The van der Waals surface area contributed by atoms with Gasteiger partial charge in [-0.25, -0.2) is 8.42 Å². The van der Waals surface area contributed by atoms with E-state index in [0.29, 0.717) is 24.0 Å². The van der Waals surface area contributed by atoms with Crippen LogP contribution in [-0.4, -0.2) is 72.6 Å². The molecule has 0 saturated carbocycles. The van der Waals surface area contributed by atoms with Gasteiger partial charge in [0.05, 0.1) is 46.1 Å². The van der Waals surface area contributed by atoms with E-state index < -0.39 is 9.84 Å². The molecule has 0 aliphatic carbocycles. The maximum Gasteiger partial charge on any atom is 0.175 e. The van der Waals surface area contributed by atoms with Crippen molar-refractivity contribution >= 4 is 42.6 Å². The number of rotatable bonds is 10. The molecule has 0 radical (unpaired) electrons. The Kier molecular flexibility index (Phi) is 9.55. The van der Waals surface area contributed by atoms with E-state index in [1.165, 1.54) is 40.8 Å². The van der Waals surface area contributed by atoms with Crippen molar-refractivity contribution in [1.29, 1.82) is 0 Å². The highest BCUT2D eigenvalue weighted by Crippen LogP contribution is 2.37. The summed E-state index contributed by atoms with van der Waals surface area (Å²) < 4.78 is 35.6. The van der Waals surface area contributed by atoms with Gasteiger partial charge in [-0.3, -0.25) is 0 Å². The first-order valence-corrected chi connectivity index (χ1v) is 15.7. The highest BCUT2D eigenvalue weighted by molar-refractivity contribution is 7.90. The highest BCUT2D eigenvalue weighted by Gasteiger charge is 2.20. The molecule has 3 aromatic rings. The molecule has 0 unspecified atom stereocenters. The van der Waals surface area contributed by atoms with Crippen molar-refractivity contribution in [3.8, 4) is 17.6 Å². The molecule has 1 fully saturated rings. The molecule has 0 atom stereocenters. The Labute approximate surface area is 230 Å². The minimum Gasteiger partial charge on any atom is -0.495 e. The fraction of sp³-hybridized carbons (Fsp3) is 0.448. The zero-order valence-corrected chi connectivity index (χ0v) is 24.2. The number of hydrogen-bond donors (Lipinski definition) is 2. The lowest BCUT2D eigenvalue weighted by molar-refractivity contribution is 0.132. The maximum absolute atomic E-state index is 11.8. The number of nitrogens with one attached hydrogen (secondary N) is 2. The third-order valence-corrected chi connectivity index (χ3v) is 9.21. The van der Waals surface area contributed by atoms with Crippen molar-refractivity contribution in [2.24, 2.45) is 0 Å². The van der Waals surface area contributed by atoms with Gasteiger partial charge in [-0.15, -0.1) is 11.3 Å². The van der Waals surface area contributed by atoms with Crippen LogP contribution >= 0.6 is 11.3 Å². The average Bonchev–Trinajstić information content (AvgIpc) is 3.28. The molecule has 1 aromatic heterocycles. The normalized spacial score (nSPS) is 14.7. The maximum atomic E-state index is 11.8. The third-order valence-electron chi connectivity index (χ3n) is 6.90. The second kappa shape index (κ2) is 12.9. The number of likely N-dealkylation sites (tertiary alicyclic amines) is 1. The van der Waals surface area contributed by atoms with Gasteiger partial charge in [0, 0.05) is 45.1 Å². The molecule has 2 N–H and O–H groups in total. The van der Waals surface area contributed by atoms with E-state index in [2.05, 4.69) is 52.5 Å². The summed E-state index contributed by atoms with van der Waals surface area (Å²) in [5.41, 5.74) is 3.19. The largest absolute Gasteiger partial charge is 0.495 e. The topological polar surface area (TPSA) is 79.9 Å². The number of piperidine rings is 1. The summed E-state index contributed by atoms with van der Waals surface area (Å²) in [6.07, 6.45) is 4.35. The van der Waals surface area contributed by atoms with E-state index in [-0.39, 0.29) is 4.90 Å². The summed E-state index contributed by atoms with van der Waals surface area (Å²) in [6, 6.07) is 11.8. The summed E-state index contributed by atoms with van der Waals surface area (Å²) in [6.45, 7) is 6.56. The van der Waals surface area contributed by atoms with Crippen LogP contribution in [0.5, 0.6) is 5.75 Å². The molecule has 9 heteroatoms. The van der Waals surface area contributed by atoms with Crippen LogP contribution in [-0.2, 0) is 21.0 Å². The molecule has 0 amide bonds. The van der Waals surface area contributed by atoms with E-state index in [0.717, 1.165) is 50.4 Å². The Bertz CT molecular complexity index is 1410. The molecule has 2 aromatic carbocycles. The Hall–Kier alpha value is -2.77. The van der Waals surface area contributed by atoms with Crippen LogP contribution < -0.4 is 15.4 Å². The predicted molar refractivity (Wildman–Crippen MR) is 158 cm³/mol. The summed E-state index contributed by atoms with van der Waals surface area (Å²) in [7, 11) is -0.0142. The van der Waals surface area contributed by atoms with Crippen molar-refractivity contribution in [3.05, 3.63) is 46.8 Å². The zero-order valence-electron chi connectivity index (χ0n) is 22.6. The Morgan fingerprint density at radius 2 is 1.92 bits per heavy atom. The van der Waals surface area contributed by atoms with Gasteiger partial charge >= 0.3 is 0 Å². The van der Waals surface area contributed by atoms with Crippen LogP contribution in [0.2, 0.25) is 0 Å². The summed E-state index contributed by atoms with van der Waals surface area (Å²) in [4.78, 5) is 3.79. The smallest absolute Gasteiger partial charge is 0.175 e. The molecule has 2 heterocycles. The summed E-state index contributed by atoms with van der Waals surface area (Å²) >= 11 is 1.75. The van der Waals surface area contributed by atoms with E-state index in [1.54, 1.807) is 30.6 Å². The second-order valence-electron chi connectivity index (χ2n) is 9.49. The number of aryl methyl sites for hydroxylation is 1. The number of hydrogen-bond acceptors (Lipinski definition) is 8. The number of ether oxygens (including phenoxy) is 2. The third kappa shape index (κ3) is 6.80. The van der Waals surface area contributed by atoms with Gasteiger partial charge in [0.1, 0.15) is 5.75 Å². The van der Waals surface area contributed by atoms with Crippen LogP contribution in [0.3, 0.4) is 0 Å². The van der Waals surface area contributed by atoms with Gasteiger partial charge in [0.2, 0.25) is 0 Å². The number of benzene rings is 2. The number of nitrogens with zero attached hydrogens (tertiary/aromatic N) is 1. The molecule has 0 bridgehead atoms. The number of sulfone groups is 1. The fourth-order valence-corrected chi connectivity index (χ4v) is 6.67. The zero-order chi connectivity index (χ0) is 27.1. The van der Waals surface area contributed by atoms with Gasteiger partial charge in [0.15, 0.2) is 9.84 Å². The Morgan fingerprint density at radius 1 is 1.13 bits per heavy atom. The standard InChI is InChI=1S/C29H37N3O4S2/c1-5-23-24-8-6-9-26(31-21-13-16-32(17-14-21)18-19-35-2)29(24)37-28(23)10-7-15-30-25-12-11-22(38(4,33)34)20-27(25)36-3/h6,8-9,11-12,20-21,30-31H,5,13-19H2,1-4H3. The first-order valence-electron chi connectivity index (χ1n) is 13.0.